The van der Waals surface area contributed by atoms with Gasteiger partial charge in [-0.05, 0) is 45.3 Å². The molecule has 1 heterocycles. The molecule has 1 unspecified atom stereocenters. The van der Waals surface area contributed by atoms with Crippen LogP contribution in [0.3, 0.4) is 0 Å². The van der Waals surface area contributed by atoms with Gasteiger partial charge in [-0.15, -0.1) is 24.0 Å². The highest BCUT2D eigenvalue weighted by molar-refractivity contribution is 14.0. The van der Waals surface area contributed by atoms with E-state index in [2.05, 4.69) is 39.3 Å². The first-order valence-electron chi connectivity index (χ1n) is 10.7. The van der Waals surface area contributed by atoms with Crippen LogP contribution < -0.4 is 10.6 Å². The van der Waals surface area contributed by atoms with Crippen LogP contribution in [0, 0.1) is 5.92 Å². The van der Waals surface area contributed by atoms with Crippen LogP contribution in [-0.4, -0.2) is 74.0 Å². The lowest BCUT2D eigenvalue weighted by Gasteiger charge is -2.26. The number of nitrogens with one attached hydrogen (secondary N) is 2. The van der Waals surface area contributed by atoms with Crippen LogP contribution in [0.1, 0.15) is 58.8 Å². The Balaban J connectivity index is 0.00000364. The van der Waals surface area contributed by atoms with Gasteiger partial charge in [0.05, 0.1) is 0 Å². The Morgan fingerprint density at radius 3 is 2.48 bits per heavy atom. The van der Waals surface area contributed by atoms with E-state index in [1.165, 1.54) is 19.3 Å². The highest BCUT2D eigenvalue weighted by atomic mass is 127. The summed E-state index contributed by atoms with van der Waals surface area (Å²) in [7, 11) is 1.82. The minimum absolute atomic E-state index is 0. The standard InChI is InChI=1S/C20H39N5O.HI/c1-4-24(5-2)14-9-13-22-20(21-3)23-18-12-15-25(16-18)19(26)17-10-7-6-8-11-17;/h17-18H,4-16H2,1-3H3,(H2,21,22,23);1H. The summed E-state index contributed by atoms with van der Waals surface area (Å²) in [6, 6.07) is 0.316. The fourth-order valence-electron chi connectivity index (χ4n) is 4.12. The summed E-state index contributed by atoms with van der Waals surface area (Å²) in [5, 5.41) is 6.92. The van der Waals surface area contributed by atoms with Gasteiger partial charge in [-0.2, -0.15) is 0 Å². The molecule has 1 aliphatic heterocycles. The van der Waals surface area contributed by atoms with E-state index >= 15 is 0 Å². The molecule has 2 aliphatic rings. The van der Waals surface area contributed by atoms with Gasteiger partial charge in [0.25, 0.3) is 0 Å². The fourth-order valence-corrected chi connectivity index (χ4v) is 4.12. The van der Waals surface area contributed by atoms with Crippen molar-refractivity contribution in [1.82, 2.24) is 20.4 Å². The van der Waals surface area contributed by atoms with Crippen molar-refractivity contribution in [2.24, 2.45) is 10.9 Å². The maximum Gasteiger partial charge on any atom is 0.225 e. The molecule has 0 aromatic carbocycles. The Morgan fingerprint density at radius 1 is 1.15 bits per heavy atom. The molecule has 0 radical (unpaired) electrons. The third-order valence-corrected chi connectivity index (χ3v) is 5.86. The summed E-state index contributed by atoms with van der Waals surface area (Å²) in [6.07, 6.45) is 8.03. The molecule has 2 fully saturated rings. The number of hydrogen-bond donors (Lipinski definition) is 2. The number of aliphatic imine (C=N–C) groups is 1. The second kappa shape index (κ2) is 13.6. The first-order chi connectivity index (χ1) is 12.7. The van der Waals surface area contributed by atoms with E-state index in [1.54, 1.807) is 0 Å². The summed E-state index contributed by atoms with van der Waals surface area (Å²) in [6.45, 7) is 10.4. The number of halogens is 1. The van der Waals surface area contributed by atoms with Gasteiger partial charge in [0.15, 0.2) is 5.96 Å². The van der Waals surface area contributed by atoms with E-state index in [9.17, 15) is 4.79 Å². The van der Waals surface area contributed by atoms with Gasteiger partial charge >= 0.3 is 0 Å². The molecule has 1 amide bonds. The zero-order valence-corrected chi connectivity index (χ0v) is 19.8. The van der Waals surface area contributed by atoms with E-state index in [4.69, 9.17) is 0 Å². The van der Waals surface area contributed by atoms with Crippen molar-refractivity contribution in [3.63, 3.8) is 0 Å². The van der Waals surface area contributed by atoms with E-state index in [1.807, 2.05) is 7.05 Å². The van der Waals surface area contributed by atoms with Crippen LogP contribution >= 0.6 is 24.0 Å². The number of hydrogen-bond acceptors (Lipinski definition) is 3. The molecule has 6 nitrogen and oxygen atoms in total. The minimum atomic E-state index is 0. The summed E-state index contributed by atoms with van der Waals surface area (Å²) in [5.74, 6) is 1.53. The summed E-state index contributed by atoms with van der Waals surface area (Å²) in [4.78, 5) is 21.5. The SMILES string of the molecule is CCN(CC)CCCNC(=NC)NC1CCN(C(=O)C2CCCCC2)C1.I. The highest BCUT2D eigenvalue weighted by Crippen LogP contribution is 2.26. The van der Waals surface area contributed by atoms with Crippen LogP contribution in [0.25, 0.3) is 0 Å². The van der Waals surface area contributed by atoms with Gasteiger partial charge in [-0.25, -0.2) is 0 Å². The molecule has 0 spiro atoms. The number of carbonyl (C=O) groups excluding carboxylic acids is 1. The molecule has 1 saturated heterocycles. The van der Waals surface area contributed by atoms with Crippen molar-refractivity contribution in [2.75, 3.05) is 46.3 Å². The molecular weight excluding hydrogens is 453 g/mol. The van der Waals surface area contributed by atoms with Crippen LogP contribution in [0.5, 0.6) is 0 Å². The Labute approximate surface area is 182 Å². The molecule has 1 saturated carbocycles. The summed E-state index contributed by atoms with van der Waals surface area (Å²) < 4.78 is 0. The molecule has 0 aromatic rings. The third-order valence-electron chi connectivity index (χ3n) is 5.86. The van der Waals surface area contributed by atoms with Crippen molar-refractivity contribution < 1.29 is 4.79 Å². The highest BCUT2D eigenvalue weighted by Gasteiger charge is 2.31. The second-order valence-electron chi connectivity index (χ2n) is 7.63. The van der Waals surface area contributed by atoms with Crippen molar-refractivity contribution in [2.45, 2.75) is 64.8 Å². The number of nitrogens with zero attached hydrogens (tertiary/aromatic N) is 3. The molecule has 0 aromatic heterocycles. The summed E-state index contributed by atoms with van der Waals surface area (Å²) in [5.41, 5.74) is 0. The molecule has 0 bridgehead atoms. The number of guanidine groups is 1. The van der Waals surface area contributed by atoms with Crippen LogP contribution in [0.2, 0.25) is 0 Å². The molecule has 1 atom stereocenters. The zero-order valence-electron chi connectivity index (χ0n) is 17.5. The maximum atomic E-state index is 12.7. The predicted molar refractivity (Wildman–Crippen MR) is 124 cm³/mol. The second-order valence-corrected chi connectivity index (χ2v) is 7.63. The van der Waals surface area contributed by atoms with Gasteiger partial charge in [0.2, 0.25) is 5.91 Å². The Morgan fingerprint density at radius 2 is 1.85 bits per heavy atom. The predicted octanol–water partition coefficient (Wildman–Crippen LogP) is 2.68. The van der Waals surface area contributed by atoms with E-state index < -0.39 is 0 Å². The number of likely N-dealkylation sites (tertiary alicyclic amines) is 1. The smallest absolute Gasteiger partial charge is 0.225 e. The molecule has 1 aliphatic carbocycles. The Hall–Kier alpha value is -0.570. The quantitative estimate of drug-likeness (QED) is 0.236. The Kier molecular flexibility index (Phi) is 12.3. The van der Waals surface area contributed by atoms with E-state index in [0.29, 0.717) is 11.9 Å². The van der Waals surface area contributed by atoms with E-state index in [-0.39, 0.29) is 29.9 Å². The normalized spacial score (nSPS) is 21.3. The lowest BCUT2D eigenvalue weighted by atomic mass is 9.88. The Bertz CT molecular complexity index is 450. The lowest BCUT2D eigenvalue weighted by Crippen LogP contribution is -2.46. The molecule has 158 valence electrons. The van der Waals surface area contributed by atoms with Crippen LogP contribution in [-0.2, 0) is 4.79 Å². The van der Waals surface area contributed by atoms with Crippen molar-refractivity contribution in [3.8, 4) is 0 Å². The van der Waals surface area contributed by atoms with Gasteiger partial charge in [0, 0.05) is 38.6 Å². The van der Waals surface area contributed by atoms with Gasteiger partial charge in [-0.3, -0.25) is 9.79 Å². The van der Waals surface area contributed by atoms with Gasteiger partial charge < -0.3 is 20.4 Å². The third kappa shape index (κ3) is 8.13. The summed E-state index contributed by atoms with van der Waals surface area (Å²) >= 11 is 0. The number of rotatable bonds is 8. The maximum absolute atomic E-state index is 12.7. The number of amides is 1. The van der Waals surface area contributed by atoms with Crippen molar-refractivity contribution in [1.29, 1.82) is 0 Å². The average Bonchev–Trinajstić information content (AvgIpc) is 3.15. The molecule has 7 heteroatoms. The zero-order chi connectivity index (χ0) is 18.8. The topological polar surface area (TPSA) is 60.0 Å². The fraction of sp³-hybridized carbons (Fsp3) is 0.900. The van der Waals surface area contributed by atoms with Crippen LogP contribution in [0.4, 0.5) is 0 Å². The van der Waals surface area contributed by atoms with Gasteiger partial charge in [0.1, 0.15) is 0 Å². The van der Waals surface area contributed by atoms with E-state index in [0.717, 1.165) is 70.9 Å². The molecule has 2 N–H and O–H groups in total. The first-order valence-corrected chi connectivity index (χ1v) is 10.7. The van der Waals surface area contributed by atoms with Gasteiger partial charge in [-0.1, -0.05) is 33.1 Å². The molecule has 27 heavy (non-hydrogen) atoms. The average molecular weight is 493 g/mol. The largest absolute Gasteiger partial charge is 0.356 e. The molecular formula is C20H40IN5O. The monoisotopic (exact) mass is 493 g/mol. The minimum Gasteiger partial charge on any atom is -0.356 e. The van der Waals surface area contributed by atoms with Crippen LogP contribution in [0.15, 0.2) is 4.99 Å². The lowest BCUT2D eigenvalue weighted by molar-refractivity contribution is -0.135. The van der Waals surface area contributed by atoms with Crippen molar-refractivity contribution in [3.05, 3.63) is 0 Å². The first kappa shape index (κ1) is 24.5. The number of carbonyl (C=O) groups is 1. The molecule has 2 rings (SSSR count). The van der Waals surface area contributed by atoms with Crippen molar-refractivity contribution >= 4 is 35.8 Å².